The summed E-state index contributed by atoms with van der Waals surface area (Å²) >= 11 is 0. The predicted molar refractivity (Wildman–Crippen MR) is 269 cm³/mol. The van der Waals surface area contributed by atoms with Crippen molar-refractivity contribution >= 4 is 27.8 Å². The van der Waals surface area contributed by atoms with Gasteiger partial charge >= 0.3 is 0 Å². The van der Waals surface area contributed by atoms with Gasteiger partial charge in [-0.15, -0.1) is 0 Å². The number of anilines is 3. The van der Waals surface area contributed by atoms with Crippen LogP contribution in [0.15, 0.2) is 243 Å². The van der Waals surface area contributed by atoms with Crippen molar-refractivity contribution in [3.05, 3.63) is 243 Å². The summed E-state index contributed by atoms with van der Waals surface area (Å²) in [7, 11) is 0. The van der Waals surface area contributed by atoms with E-state index in [2.05, 4.69) is 211 Å². The van der Waals surface area contributed by atoms with Crippen LogP contribution < -0.4 is 4.90 Å². The molecule has 0 aliphatic heterocycles. The fourth-order valence-electron chi connectivity index (χ4n) is 9.38. The van der Waals surface area contributed by atoms with Crippen LogP contribution in [0.1, 0.15) is 0 Å². The van der Waals surface area contributed by atoms with Gasteiger partial charge in [0.25, 0.3) is 0 Å². The van der Waals surface area contributed by atoms with E-state index in [9.17, 15) is 0 Å². The number of para-hydroxylation sites is 1. The minimum Gasteiger partial charge on any atom is -0.310 e. The Morgan fingerprint density at radius 3 is 1.28 bits per heavy atom. The smallest absolute Gasteiger partial charge is 0.164 e. The molecule has 0 N–H and O–H groups in total. The van der Waals surface area contributed by atoms with E-state index in [1.807, 2.05) is 36.4 Å². The molecular formula is C61H40N4. The molecule has 0 bridgehead atoms. The lowest BCUT2D eigenvalue weighted by Crippen LogP contribution is -2.11. The van der Waals surface area contributed by atoms with Crippen LogP contribution in [0, 0.1) is 0 Å². The van der Waals surface area contributed by atoms with Crippen molar-refractivity contribution < 1.29 is 0 Å². The van der Waals surface area contributed by atoms with Gasteiger partial charge in [-0.25, -0.2) is 15.0 Å². The minimum atomic E-state index is 0.638. The van der Waals surface area contributed by atoms with Crippen molar-refractivity contribution in [2.75, 3.05) is 4.90 Å². The van der Waals surface area contributed by atoms with Gasteiger partial charge in [0.15, 0.2) is 17.5 Å². The SMILES string of the molecule is c1ccc(-c2ccc(N(c3ccc(-c4cc(-c5nc(-c6ccccc6)nc(-c6ccccc6)n5)c5c(c4)-c4cccc6cccc-5c46)cc3)c3ccccc3-c3ccccc3)cc2)cc1. The second-order valence-corrected chi connectivity index (χ2v) is 16.4. The van der Waals surface area contributed by atoms with Gasteiger partial charge in [0.1, 0.15) is 0 Å². The maximum absolute atomic E-state index is 5.27. The van der Waals surface area contributed by atoms with Crippen molar-refractivity contribution in [3.8, 4) is 89.8 Å². The van der Waals surface area contributed by atoms with Crippen molar-refractivity contribution in [1.82, 2.24) is 15.0 Å². The maximum atomic E-state index is 5.27. The number of aromatic nitrogens is 3. The zero-order chi connectivity index (χ0) is 43.1. The molecule has 1 aromatic heterocycles. The molecule has 0 spiro atoms. The van der Waals surface area contributed by atoms with Gasteiger partial charge in [0.05, 0.1) is 5.69 Å². The number of rotatable bonds is 9. The molecule has 10 aromatic carbocycles. The standard InChI is InChI=1S/C61H40N4/c1-5-17-41(18-6-1)42-31-35-49(36-32-42)65(56-30-14-13-27-51(56)44-19-7-2-8-20-44)50-37-33-43(34-38-50)48-39-54-52-28-15-25-45-26-16-29-53(57(45)52)58(54)55(40-48)61-63-59(46-21-9-3-10-22-46)62-60(64-61)47-23-11-4-12-24-47/h1-40H. The molecule has 1 aliphatic rings. The lowest BCUT2D eigenvalue weighted by molar-refractivity contribution is 1.07. The second-order valence-electron chi connectivity index (χ2n) is 16.4. The molecule has 1 aliphatic carbocycles. The molecule has 304 valence electrons. The highest BCUT2D eigenvalue weighted by molar-refractivity contribution is 6.18. The number of hydrogen-bond donors (Lipinski definition) is 0. The third-order valence-electron chi connectivity index (χ3n) is 12.5. The third kappa shape index (κ3) is 6.95. The van der Waals surface area contributed by atoms with Crippen molar-refractivity contribution in [1.29, 1.82) is 0 Å². The number of fused-ring (bicyclic) bond motifs is 3. The summed E-state index contributed by atoms with van der Waals surface area (Å²) in [6.45, 7) is 0. The average Bonchev–Trinajstić information content (AvgIpc) is 3.72. The van der Waals surface area contributed by atoms with E-state index in [1.165, 1.54) is 38.6 Å². The van der Waals surface area contributed by atoms with Crippen molar-refractivity contribution in [2.24, 2.45) is 0 Å². The minimum absolute atomic E-state index is 0.638. The molecule has 0 unspecified atom stereocenters. The summed E-state index contributed by atoms with van der Waals surface area (Å²) in [6.07, 6.45) is 0. The molecule has 11 aromatic rings. The first-order valence-electron chi connectivity index (χ1n) is 22.0. The summed E-state index contributed by atoms with van der Waals surface area (Å²) in [5, 5.41) is 2.47. The molecule has 0 fully saturated rings. The highest BCUT2D eigenvalue weighted by Gasteiger charge is 2.28. The van der Waals surface area contributed by atoms with Gasteiger partial charge in [-0.1, -0.05) is 200 Å². The maximum Gasteiger partial charge on any atom is 0.164 e. The summed E-state index contributed by atoms with van der Waals surface area (Å²) < 4.78 is 0. The van der Waals surface area contributed by atoms with Gasteiger partial charge < -0.3 is 4.90 Å². The molecule has 0 saturated heterocycles. The Hall–Kier alpha value is -8.73. The summed E-state index contributed by atoms with van der Waals surface area (Å²) in [4.78, 5) is 18.0. The zero-order valence-electron chi connectivity index (χ0n) is 35.4. The van der Waals surface area contributed by atoms with Gasteiger partial charge in [0.2, 0.25) is 0 Å². The Morgan fingerprint density at radius 1 is 0.262 bits per heavy atom. The normalized spacial score (nSPS) is 11.4. The topological polar surface area (TPSA) is 41.9 Å². The Bertz CT molecular complexity index is 3440. The molecular weight excluding hydrogens is 789 g/mol. The van der Waals surface area contributed by atoms with Gasteiger partial charge in [-0.05, 0) is 97.7 Å². The molecule has 0 atom stereocenters. The highest BCUT2D eigenvalue weighted by atomic mass is 15.1. The van der Waals surface area contributed by atoms with E-state index < -0.39 is 0 Å². The van der Waals surface area contributed by atoms with Crippen LogP contribution in [0.4, 0.5) is 17.1 Å². The van der Waals surface area contributed by atoms with Crippen LogP contribution in [0.5, 0.6) is 0 Å². The molecule has 0 saturated carbocycles. The zero-order valence-corrected chi connectivity index (χ0v) is 35.4. The molecule has 0 amide bonds. The van der Waals surface area contributed by atoms with Crippen molar-refractivity contribution in [2.45, 2.75) is 0 Å². The monoisotopic (exact) mass is 828 g/mol. The Morgan fingerprint density at radius 2 is 0.692 bits per heavy atom. The molecule has 12 rings (SSSR count). The highest BCUT2D eigenvalue weighted by Crippen LogP contribution is 2.52. The van der Waals surface area contributed by atoms with Gasteiger partial charge in [-0.3, -0.25) is 0 Å². The Kier molecular flexibility index (Phi) is 9.46. The molecule has 1 heterocycles. The first-order chi connectivity index (χ1) is 32.2. The summed E-state index contributed by atoms with van der Waals surface area (Å²) in [5.41, 5.74) is 17.7. The van der Waals surface area contributed by atoms with Crippen LogP contribution in [-0.4, -0.2) is 15.0 Å². The Labute approximate surface area is 378 Å². The average molecular weight is 829 g/mol. The fraction of sp³-hybridized carbons (Fsp3) is 0. The predicted octanol–water partition coefficient (Wildman–Crippen LogP) is 16.1. The lowest BCUT2D eigenvalue weighted by atomic mass is 9.92. The Balaban J connectivity index is 1.03. The van der Waals surface area contributed by atoms with Crippen LogP contribution in [-0.2, 0) is 0 Å². The van der Waals surface area contributed by atoms with Crippen LogP contribution in [0.2, 0.25) is 0 Å². The number of hydrogen-bond acceptors (Lipinski definition) is 4. The first-order valence-corrected chi connectivity index (χ1v) is 22.0. The van der Waals surface area contributed by atoms with E-state index in [1.54, 1.807) is 0 Å². The lowest BCUT2D eigenvalue weighted by Gasteiger charge is -2.28. The molecule has 0 radical (unpaired) electrons. The van der Waals surface area contributed by atoms with E-state index in [0.717, 1.165) is 61.6 Å². The van der Waals surface area contributed by atoms with Crippen LogP contribution >= 0.6 is 0 Å². The van der Waals surface area contributed by atoms with E-state index in [0.29, 0.717) is 17.5 Å². The quantitative estimate of drug-likeness (QED) is 0.145. The van der Waals surface area contributed by atoms with Crippen LogP contribution in [0.25, 0.3) is 101 Å². The van der Waals surface area contributed by atoms with Crippen molar-refractivity contribution in [3.63, 3.8) is 0 Å². The van der Waals surface area contributed by atoms with E-state index in [4.69, 9.17) is 15.0 Å². The summed E-state index contributed by atoms with van der Waals surface area (Å²) in [5.74, 6) is 1.92. The van der Waals surface area contributed by atoms with E-state index in [-0.39, 0.29) is 0 Å². The van der Waals surface area contributed by atoms with Gasteiger partial charge in [-0.2, -0.15) is 0 Å². The molecule has 65 heavy (non-hydrogen) atoms. The molecule has 4 nitrogen and oxygen atoms in total. The number of benzene rings is 10. The number of nitrogens with zero attached hydrogens (tertiary/aromatic N) is 4. The first kappa shape index (κ1) is 38.0. The fourth-order valence-corrected chi connectivity index (χ4v) is 9.38. The third-order valence-corrected chi connectivity index (χ3v) is 12.5. The van der Waals surface area contributed by atoms with E-state index >= 15 is 0 Å². The van der Waals surface area contributed by atoms with Crippen LogP contribution in [0.3, 0.4) is 0 Å². The second kappa shape index (κ2) is 16.2. The summed E-state index contributed by atoms with van der Waals surface area (Å²) in [6, 6.07) is 86.0. The molecule has 4 heteroatoms. The largest absolute Gasteiger partial charge is 0.310 e. The van der Waals surface area contributed by atoms with Gasteiger partial charge in [0, 0.05) is 39.2 Å².